The predicted molar refractivity (Wildman–Crippen MR) is 75.9 cm³/mol. The highest BCUT2D eigenvalue weighted by atomic mass is 32.2. The highest BCUT2D eigenvalue weighted by Crippen LogP contribution is 2.05. The number of rotatable bonds is 7. The standard InChI is InChI=1S/C13H20N2O3S/c1-19(17,18)9-3-8-15-13(16)12-5-2-4-11(10-12)6-7-14/h2,4-5,10H,3,6-9,14H2,1H3,(H,15,16). The number of amides is 1. The fourth-order valence-electron chi connectivity index (χ4n) is 1.67. The molecule has 106 valence electrons. The van der Waals surface area contributed by atoms with Crippen molar-refractivity contribution in [3.05, 3.63) is 35.4 Å². The quantitative estimate of drug-likeness (QED) is 0.707. The first-order chi connectivity index (χ1) is 8.92. The second kappa shape index (κ2) is 7.25. The van der Waals surface area contributed by atoms with Gasteiger partial charge in [0.1, 0.15) is 9.84 Å². The van der Waals surface area contributed by atoms with Crippen molar-refractivity contribution in [3.63, 3.8) is 0 Å². The van der Waals surface area contributed by atoms with Crippen molar-refractivity contribution in [2.75, 3.05) is 25.1 Å². The number of carbonyl (C=O) groups is 1. The molecular formula is C13H20N2O3S. The van der Waals surface area contributed by atoms with Crippen LogP contribution in [-0.2, 0) is 16.3 Å². The van der Waals surface area contributed by atoms with E-state index in [1.54, 1.807) is 12.1 Å². The summed E-state index contributed by atoms with van der Waals surface area (Å²) in [4.78, 5) is 11.8. The zero-order chi connectivity index (χ0) is 14.3. The fraction of sp³-hybridized carbons (Fsp3) is 0.462. The molecule has 1 rings (SSSR count). The minimum Gasteiger partial charge on any atom is -0.352 e. The molecule has 19 heavy (non-hydrogen) atoms. The van der Waals surface area contributed by atoms with Crippen LogP contribution in [0, 0.1) is 0 Å². The maximum Gasteiger partial charge on any atom is 0.251 e. The van der Waals surface area contributed by atoms with Crippen molar-refractivity contribution in [1.29, 1.82) is 0 Å². The third-order valence-electron chi connectivity index (χ3n) is 2.60. The average molecular weight is 284 g/mol. The van der Waals surface area contributed by atoms with Crippen molar-refractivity contribution >= 4 is 15.7 Å². The number of sulfone groups is 1. The van der Waals surface area contributed by atoms with Gasteiger partial charge in [0, 0.05) is 18.4 Å². The number of nitrogens with one attached hydrogen (secondary N) is 1. The normalized spacial score (nSPS) is 11.3. The largest absolute Gasteiger partial charge is 0.352 e. The number of benzene rings is 1. The van der Waals surface area contributed by atoms with Gasteiger partial charge in [0.15, 0.2) is 0 Å². The fourth-order valence-corrected chi connectivity index (χ4v) is 2.34. The van der Waals surface area contributed by atoms with E-state index >= 15 is 0 Å². The molecule has 1 aromatic carbocycles. The second-order valence-electron chi connectivity index (χ2n) is 4.48. The van der Waals surface area contributed by atoms with Crippen molar-refractivity contribution in [2.24, 2.45) is 5.73 Å². The predicted octanol–water partition coefficient (Wildman–Crippen LogP) is 0.352. The van der Waals surface area contributed by atoms with Crippen molar-refractivity contribution in [1.82, 2.24) is 5.32 Å². The maximum absolute atomic E-state index is 11.8. The molecule has 0 atom stereocenters. The summed E-state index contributed by atoms with van der Waals surface area (Å²) in [7, 11) is -2.97. The Kier molecular flexibility index (Phi) is 5.98. The van der Waals surface area contributed by atoms with Gasteiger partial charge >= 0.3 is 0 Å². The zero-order valence-corrected chi connectivity index (χ0v) is 11.9. The molecule has 6 heteroatoms. The van der Waals surface area contributed by atoms with Gasteiger partial charge in [-0.15, -0.1) is 0 Å². The number of hydrogen-bond acceptors (Lipinski definition) is 4. The van der Waals surface area contributed by atoms with E-state index in [9.17, 15) is 13.2 Å². The summed E-state index contributed by atoms with van der Waals surface area (Å²) in [6.07, 6.45) is 2.34. The number of nitrogens with two attached hydrogens (primary N) is 1. The van der Waals surface area contributed by atoms with Crippen LogP contribution in [0.15, 0.2) is 24.3 Å². The minimum atomic E-state index is -2.97. The van der Waals surface area contributed by atoms with Crippen LogP contribution in [0.25, 0.3) is 0 Å². The van der Waals surface area contributed by atoms with E-state index in [-0.39, 0.29) is 11.7 Å². The van der Waals surface area contributed by atoms with E-state index in [4.69, 9.17) is 5.73 Å². The van der Waals surface area contributed by atoms with Gasteiger partial charge in [-0.3, -0.25) is 4.79 Å². The molecule has 0 saturated carbocycles. The average Bonchev–Trinajstić information content (AvgIpc) is 2.34. The third-order valence-corrected chi connectivity index (χ3v) is 3.63. The minimum absolute atomic E-state index is 0.0838. The van der Waals surface area contributed by atoms with Crippen LogP contribution in [-0.4, -0.2) is 39.4 Å². The SMILES string of the molecule is CS(=O)(=O)CCCNC(=O)c1cccc(CCN)c1. The van der Waals surface area contributed by atoms with Gasteiger partial charge in [-0.25, -0.2) is 8.42 Å². The molecule has 0 unspecified atom stereocenters. The summed E-state index contributed by atoms with van der Waals surface area (Å²) in [5.74, 6) is -0.104. The van der Waals surface area contributed by atoms with E-state index < -0.39 is 9.84 Å². The Morgan fingerprint density at radius 2 is 2.11 bits per heavy atom. The molecule has 5 nitrogen and oxygen atoms in total. The van der Waals surface area contributed by atoms with E-state index in [1.165, 1.54) is 6.26 Å². The molecule has 0 spiro atoms. The molecule has 0 heterocycles. The van der Waals surface area contributed by atoms with Crippen molar-refractivity contribution < 1.29 is 13.2 Å². The van der Waals surface area contributed by atoms with Crippen LogP contribution < -0.4 is 11.1 Å². The van der Waals surface area contributed by atoms with Crippen LogP contribution in [0.2, 0.25) is 0 Å². The summed E-state index contributed by atoms with van der Waals surface area (Å²) in [6.45, 7) is 0.895. The molecule has 0 aliphatic carbocycles. The van der Waals surface area contributed by atoms with Crippen LogP contribution in [0.3, 0.4) is 0 Å². The highest BCUT2D eigenvalue weighted by Gasteiger charge is 2.06. The molecular weight excluding hydrogens is 264 g/mol. The third kappa shape index (κ3) is 6.35. The summed E-state index contributed by atoms with van der Waals surface area (Å²) in [5.41, 5.74) is 7.06. The molecule has 0 fully saturated rings. The first-order valence-electron chi connectivity index (χ1n) is 6.17. The maximum atomic E-state index is 11.8. The highest BCUT2D eigenvalue weighted by molar-refractivity contribution is 7.90. The molecule has 0 aromatic heterocycles. The van der Waals surface area contributed by atoms with E-state index in [2.05, 4.69) is 5.32 Å². The Bertz CT molecular complexity index is 526. The lowest BCUT2D eigenvalue weighted by molar-refractivity contribution is 0.0953. The van der Waals surface area contributed by atoms with Crippen LogP contribution in [0.4, 0.5) is 0 Å². The topological polar surface area (TPSA) is 89.3 Å². The van der Waals surface area contributed by atoms with Gasteiger partial charge < -0.3 is 11.1 Å². The first kappa shape index (κ1) is 15.7. The van der Waals surface area contributed by atoms with Crippen LogP contribution in [0.1, 0.15) is 22.3 Å². The summed E-state index contributed by atoms with van der Waals surface area (Å²) in [6, 6.07) is 7.27. The smallest absolute Gasteiger partial charge is 0.251 e. The Labute approximate surface area is 114 Å². The number of carbonyl (C=O) groups excluding carboxylic acids is 1. The zero-order valence-electron chi connectivity index (χ0n) is 11.1. The monoisotopic (exact) mass is 284 g/mol. The molecule has 1 aromatic rings. The summed E-state index contributed by atoms with van der Waals surface area (Å²) in [5, 5.41) is 2.71. The van der Waals surface area contributed by atoms with Gasteiger partial charge in [-0.05, 0) is 37.1 Å². The van der Waals surface area contributed by atoms with Gasteiger partial charge in [-0.2, -0.15) is 0 Å². The summed E-state index contributed by atoms with van der Waals surface area (Å²) < 4.78 is 21.9. The molecule has 0 radical (unpaired) electrons. The van der Waals surface area contributed by atoms with Gasteiger partial charge in [0.05, 0.1) is 5.75 Å². The second-order valence-corrected chi connectivity index (χ2v) is 6.74. The van der Waals surface area contributed by atoms with Gasteiger partial charge in [0.25, 0.3) is 5.91 Å². The number of hydrogen-bond donors (Lipinski definition) is 2. The lowest BCUT2D eigenvalue weighted by Crippen LogP contribution is -2.26. The Morgan fingerprint density at radius 1 is 1.37 bits per heavy atom. The van der Waals surface area contributed by atoms with Crippen LogP contribution >= 0.6 is 0 Å². The van der Waals surface area contributed by atoms with Gasteiger partial charge in [-0.1, -0.05) is 12.1 Å². The molecule has 0 bridgehead atoms. The van der Waals surface area contributed by atoms with E-state index in [0.717, 1.165) is 12.0 Å². The molecule has 1 amide bonds. The Hall–Kier alpha value is -1.40. The molecule has 0 aliphatic rings. The molecule has 3 N–H and O–H groups in total. The molecule has 0 aliphatic heterocycles. The molecule has 0 saturated heterocycles. The Morgan fingerprint density at radius 3 is 2.74 bits per heavy atom. The lowest BCUT2D eigenvalue weighted by atomic mass is 10.1. The van der Waals surface area contributed by atoms with Gasteiger partial charge in [0.2, 0.25) is 0 Å². The first-order valence-corrected chi connectivity index (χ1v) is 8.23. The summed E-state index contributed by atoms with van der Waals surface area (Å²) >= 11 is 0. The van der Waals surface area contributed by atoms with Crippen molar-refractivity contribution in [2.45, 2.75) is 12.8 Å². The van der Waals surface area contributed by atoms with E-state index in [0.29, 0.717) is 25.1 Å². The van der Waals surface area contributed by atoms with Crippen molar-refractivity contribution in [3.8, 4) is 0 Å². The Balaban J connectivity index is 2.47. The van der Waals surface area contributed by atoms with E-state index in [1.807, 2.05) is 12.1 Å². The lowest BCUT2D eigenvalue weighted by Gasteiger charge is -2.06. The van der Waals surface area contributed by atoms with Crippen LogP contribution in [0.5, 0.6) is 0 Å².